The fourth-order valence-corrected chi connectivity index (χ4v) is 2.60. The summed E-state index contributed by atoms with van der Waals surface area (Å²) in [5.74, 6) is 0. The van der Waals surface area contributed by atoms with Gasteiger partial charge in [0.15, 0.2) is 0 Å². The fourth-order valence-electron chi connectivity index (χ4n) is 1.93. The second kappa shape index (κ2) is 4.36. The van der Waals surface area contributed by atoms with Gasteiger partial charge in [-0.2, -0.15) is 11.3 Å². The zero-order chi connectivity index (χ0) is 13.4. The van der Waals surface area contributed by atoms with Crippen LogP contribution in [0.4, 0.5) is 0 Å². The van der Waals surface area contributed by atoms with E-state index in [1.807, 2.05) is 16.8 Å². The maximum absolute atomic E-state index is 11.8. The van der Waals surface area contributed by atoms with Gasteiger partial charge < -0.3 is 4.42 Å². The van der Waals surface area contributed by atoms with Crippen molar-refractivity contribution < 1.29 is 4.42 Å². The number of thiophene rings is 1. The van der Waals surface area contributed by atoms with Gasteiger partial charge >= 0.3 is 11.3 Å². The highest BCUT2D eigenvalue weighted by Crippen LogP contribution is 2.16. The summed E-state index contributed by atoms with van der Waals surface area (Å²) in [5.41, 5.74) is -0.434. The summed E-state index contributed by atoms with van der Waals surface area (Å²) in [7, 11) is 0. The first-order valence-corrected chi connectivity index (χ1v) is 6.38. The molecule has 0 radical (unpaired) electrons. The highest BCUT2D eigenvalue weighted by molar-refractivity contribution is 7.07. The molecule has 19 heavy (non-hydrogen) atoms. The van der Waals surface area contributed by atoms with Crippen LogP contribution in [0.3, 0.4) is 0 Å². The Labute approximate surface area is 109 Å². The molecule has 6 nitrogen and oxygen atoms in total. The Bertz CT molecular complexity index is 897. The molecule has 3 rings (SSSR count). The molecule has 3 aromatic heterocycles. The van der Waals surface area contributed by atoms with Gasteiger partial charge in [-0.3, -0.25) is 14.8 Å². The molecule has 0 bridgehead atoms. The van der Waals surface area contributed by atoms with E-state index in [0.29, 0.717) is 12.0 Å². The maximum Gasteiger partial charge on any atom is 0.337 e. The van der Waals surface area contributed by atoms with E-state index in [1.165, 1.54) is 17.4 Å². The minimum Gasteiger partial charge on any atom is -0.405 e. The van der Waals surface area contributed by atoms with Crippen molar-refractivity contribution in [2.24, 2.45) is 0 Å². The normalized spacial score (nSPS) is 10.9. The summed E-state index contributed by atoms with van der Waals surface area (Å²) in [6, 6.07) is 3.18. The highest BCUT2D eigenvalue weighted by atomic mass is 32.1. The SMILES string of the molecule is O=c1[nH]c(=O)c2c(Cc3ccsc3)cc(=O)oc2[nH]1. The number of hydrogen-bond donors (Lipinski definition) is 2. The molecule has 0 fully saturated rings. The van der Waals surface area contributed by atoms with Crippen LogP contribution in [-0.2, 0) is 6.42 Å². The Morgan fingerprint density at radius 2 is 2.05 bits per heavy atom. The lowest BCUT2D eigenvalue weighted by atomic mass is 10.1. The molecule has 0 aliphatic heterocycles. The third kappa shape index (κ3) is 2.15. The maximum atomic E-state index is 11.8. The number of aromatic amines is 2. The molecule has 0 saturated heterocycles. The number of aromatic nitrogens is 2. The Hall–Kier alpha value is -2.41. The lowest BCUT2D eigenvalue weighted by Gasteiger charge is -2.02. The quantitative estimate of drug-likeness (QED) is 0.724. The molecular formula is C12H8N2O4S. The molecule has 3 heterocycles. The van der Waals surface area contributed by atoms with Gasteiger partial charge in [0.25, 0.3) is 5.56 Å². The van der Waals surface area contributed by atoms with Gasteiger partial charge in [-0.15, -0.1) is 0 Å². The molecule has 0 amide bonds. The zero-order valence-electron chi connectivity index (χ0n) is 9.56. The summed E-state index contributed by atoms with van der Waals surface area (Å²) in [5, 5.41) is 4.04. The fraction of sp³-hybridized carbons (Fsp3) is 0.0833. The summed E-state index contributed by atoms with van der Waals surface area (Å²) in [6.45, 7) is 0. The van der Waals surface area contributed by atoms with E-state index in [4.69, 9.17) is 4.42 Å². The van der Waals surface area contributed by atoms with Crippen molar-refractivity contribution in [3.05, 3.63) is 65.3 Å². The molecule has 3 aromatic rings. The van der Waals surface area contributed by atoms with E-state index in [-0.39, 0.29) is 11.1 Å². The van der Waals surface area contributed by atoms with E-state index in [0.717, 1.165) is 5.56 Å². The Balaban J connectivity index is 2.32. The molecular weight excluding hydrogens is 268 g/mol. The smallest absolute Gasteiger partial charge is 0.337 e. The second-order valence-corrected chi connectivity index (χ2v) is 4.79. The predicted octanol–water partition coefficient (Wildman–Crippen LogP) is 0.822. The lowest BCUT2D eigenvalue weighted by Crippen LogP contribution is -2.24. The van der Waals surface area contributed by atoms with Gasteiger partial charge in [-0.25, -0.2) is 9.59 Å². The second-order valence-electron chi connectivity index (χ2n) is 4.01. The molecule has 0 aliphatic rings. The van der Waals surface area contributed by atoms with Crippen LogP contribution in [0.25, 0.3) is 11.1 Å². The van der Waals surface area contributed by atoms with Gasteiger partial charge in [0.2, 0.25) is 5.71 Å². The van der Waals surface area contributed by atoms with Crippen molar-refractivity contribution in [2.75, 3.05) is 0 Å². The van der Waals surface area contributed by atoms with Crippen molar-refractivity contribution >= 4 is 22.4 Å². The van der Waals surface area contributed by atoms with Crippen molar-refractivity contribution in [2.45, 2.75) is 6.42 Å². The van der Waals surface area contributed by atoms with Crippen molar-refractivity contribution in [1.82, 2.24) is 9.97 Å². The molecule has 0 aliphatic carbocycles. The molecule has 0 spiro atoms. The molecule has 2 N–H and O–H groups in total. The molecule has 0 aromatic carbocycles. The number of fused-ring (bicyclic) bond motifs is 1. The molecule has 0 saturated carbocycles. The minimum atomic E-state index is -0.701. The van der Waals surface area contributed by atoms with Crippen LogP contribution in [-0.4, -0.2) is 9.97 Å². The lowest BCUT2D eigenvalue weighted by molar-refractivity contribution is 0.545. The number of nitrogens with one attached hydrogen (secondary N) is 2. The van der Waals surface area contributed by atoms with Gasteiger partial charge in [-0.1, -0.05) is 0 Å². The van der Waals surface area contributed by atoms with E-state index in [1.54, 1.807) is 0 Å². The van der Waals surface area contributed by atoms with Crippen LogP contribution in [0.5, 0.6) is 0 Å². The van der Waals surface area contributed by atoms with E-state index < -0.39 is 16.9 Å². The van der Waals surface area contributed by atoms with Crippen LogP contribution in [0.15, 0.2) is 41.7 Å². The van der Waals surface area contributed by atoms with Gasteiger partial charge in [-0.05, 0) is 34.4 Å². The number of hydrogen-bond acceptors (Lipinski definition) is 5. The molecule has 7 heteroatoms. The van der Waals surface area contributed by atoms with Crippen LogP contribution in [0.2, 0.25) is 0 Å². The standard InChI is InChI=1S/C12H8N2O4S/c15-8-4-7(3-6-1-2-19-5-6)9-10(16)13-12(17)14-11(9)18-8/h1-2,4-5H,3H2,(H2,13,14,16,17). The third-order valence-electron chi connectivity index (χ3n) is 2.70. The van der Waals surface area contributed by atoms with Crippen molar-refractivity contribution in [1.29, 1.82) is 0 Å². The van der Waals surface area contributed by atoms with E-state index in [2.05, 4.69) is 9.97 Å². The third-order valence-corrected chi connectivity index (χ3v) is 3.43. The minimum absolute atomic E-state index is 0.0912. The van der Waals surface area contributed by atoms with E-state index >= 15 is 0 Å². The van der Waals surface area contributed by atoms with Gasteiger partial charge in [0.05, 0.1) is 0 Å². The van der Waals surface area contributed by atoms with Gasteiger partial charge in [0.1, 0.15) is 5.39 Å². The number of rotatable bonds is 2. The summed E-state index contributed by atoms with van der Waals surface area (Å²) in [6.07, 6.45) is 0.431. The monoisotopic (exact) mass is 276 g/mol. The zero-order valence-corrected chi connectivity index (χ0v) is 10.4. The Kier molecular flexibility index (Phi) is 2.68. The van der Waals surface area contributed by atoms with Crippen LogP contribution in [0.1, 0.15) is 11.1 Å². The molecule has 96 valence electrons. The average molecular weight is 276 g/mol. The number of H-pyrrole nitrogens is 2. The van der Waals surface area contributed by atoms with Crippen molar-refractivity contribution in [3.8, 4) is 0 Å². The van der Waals surface area contributed by atoms with Crippen LogP contribution >= 0.6 is 11.3 Å². The summed E-state index contributed by atoms with van der Waals surface area (Å²) in [4.78, 5) is 38.9. The molecule has 0 unspecified atom stereocenters. The Morgan fingerprint density at radius 1 is 1.21 bits per heavy atom. The Morgan fingerprint density at radius 3 is 2.79 bits per heavy atom. The first-order chi connectivity index (χ1) is 9.13. The van der Waals surface area contributed by atoms with Crippen LogP contribution < -0.4 is 16.9 Å². The topological polar surface area (TPSA) is 95.9 Å². The van der Waals surface area contributed by atoms with Crippen molar-refractivity contribution in [3.63, 3.8) is 0 Å². The van der Waals surface area contributed by atoms with Crippen LogP contribution in [0, 0.1) is 0 Å². The summed E-state index contributed by atoms with van der Waals surface area (Å²) >= 11 is 1.53. The van der Waals surface area contributed by atoms with E-state index in [9.17, 15) is 14.4 Å². The largest absolute Gasteiger partial charge is 0.405 e. The first-order valence-electron chi connectivity index (χ1n) is 5.44. The molecule has 0 atom stereocenters. The summed E-state index contributed by atoms with van der Waals surface area (Å²) < 4.78 is 4.85. The highest BCUT2D eigenvalue weighted by Gasteiger charge is 2.11. The predicted molar refractivity (Wildman–Crippen MR) is 70.9 cm³/mol. The first kappa shape index (κ1) is 11.7. The van der Waals surface area contributed by atoms with Gasteiger partial charge in [0, 0.05) is 6.07 Å². The average Bonchev–Trinajstić information content (AvgIpc) is 2.79.